The van der Waals surface area contributed by atoms with Gasteiger partial charge in [0.25, 0.3) is 0 Å². The van der Waals surface area contributed by atoms with Crippen molar-refractivity contribution >= 4 is 22.6 Å². The highest BCUT2D eigenvalue weighted by molar-refractivity contribution is 14.1. The van der Waals surface area contributed by atoms with E-state index >= 15 is 0 Å². The number of hydrogen-bond acceptors (Lipinski definition) is 2. The van der Waals surface area contributed by atoms with Crippen molar-refractivity contribution in [2.45, 2.75) is 13.3 Å². The van der Waals surface area contributed by atoms with Crippen molar-refractivity contribution in [3.63, 3.8) is 0 Å². The van der Waals surface area contributed by atoms with Crippen LogP contribution in [0.25, 0.3) is 0 Å². The van der Waals surface area contributed by atoms with Crippen LogP contribution in [-0.4, -0.2) is 11.3 Å². The molecule has 0 amide bonds. The standard InChI is InChI=1S/C7H5F3INO/c1-4-2-5(11)3-12-6(4)13-7(8,9)10/h2-3H,1H3. The average molecular weight is 303 g/mol. The lowest BCUT2D eigenvalue weighted by Gasteiger charge is -2.09. The molecule has 1 aromatic rings. The van der Waals surface area contributed by atoms with Crippen LogP contribution in [0.1, 0.15) is 5.56 Å². The van der Waals surface area contributed by atoms with Gasteiger partial charge >= 0.3 is 6.36 Å². The SMILES string of the molecule is Cc1cc(I)cnc1OC(F)(F)F. The average Bonchev–Trinajstić information content (AvgIpc) is 1.93. The van der Waals surface area contributed by atoms with Gasteiger partial charge in [-0.3, -0.25) is 0 Å². The van der Waals surface area contributed by atoms with Crippen LogP contribution in [0, 0.1) is 10.5 Å². The van der Waals surface area contributed by atoms with Crippen molar-refractivity contribution in [3.8, 4) is 5.88 Å². The Morgan fingerprint density at radius 2 is 2.08 bits per heavy atom. The summed E-state index contributed by atoms with van der Waals surface area (Å²) in [6.07, 6.45) is -3.36. The summed E-state index contributed by atoms with van der Waals surface area (Å²) in [5, 5.41) is 0. The molecule has 72 valence electrons. The molecule has 0 aliphatic rings. The molecule has 0 saturated heterocycles. The number of ether oxygens (including phenoxy) is 1. The summed E-state index contributed by atoms with van der Waals surface area (Å²) in [6, 6.07) is 1.56. The van der Waals surface area contributed by atoms with Crippen LogP contribution in [0.15, 0.2) is 12.3 Å². The van der Waals surface area contributed by atoms with Gasteiger partial charge in [0.1, 0.15) is 0 Å². The van der Waals surface area contributed by atoms with Crippen molar-refractivity contribution < 1.29 is 17.9 Å². The number of halogens is 4. The number of nitrogens with zero attached hydrogens (tertiary/aromatic N) is 1. The summed E-state index contributed by atoms with van der Waals surface area (Å²) in [5.41, 5.74) is 0.365. The molecule has 0 bridgehead atoms. The number of rotatable bonds is 1. The molecule has 2 nitrogen and oxygen atoms in total. The molecule has 1 rings (SSSR count). The van der Waals surface area contributed by atoms with E-state index in [1.54, 1.807) is 6.07 Å². The molecule has 0 aromatic carbocycles. The zero-order chi connectivity index (χ0) is 10.1. The maximum Gasteiger partial charge on any atom is 0.574 e. The number of aryl methyl sites for hydroxylation is 1. The van der Waals surface area contributed by atoms with Crippen LogP contribution in [0.5, 0.6) is 5.88 Å². The lowest BCUT2D eigenvalue weighted by atomic mass is 10.3. The highest BCUT2D eigenvalue weighted by atomic mass is 127. The van der Waals surface area contributed by atoms with Gasteiger partial charge in [0, 0.05) is 15.3 Å². The number of pyridine rings is 1. The normalized spacial score (nSPS) is 11.5. The van der Waals surface area contributed by atoms with Crippen LogP contribution < -0.4 is 4.74 Å². The Morgan fingerprint density at radius 3 is 2.54 bits per heavy atom. The van der Waals surface area contributed by atoms with E-state index in [1.165, 1.54) is 13.1 Å². The van der Waals surface area contributed by atoms with Crippen molar-refractivity contribution in [1.82, 2.24) is 4.98 Å². The van der Waals surface area contributed by atoms with Crippen molar-refractivity contribution in [1.29, 1.82) is 0 Å². The minimum Gasteiger partial charge on any atom is -0.388 e. The van der Waals surface area contributed by atoms with Gasteiger partial charge in [0.15, 0.2) is 0 Å². The summed E-state index contributed by atoms with van der Waals surface area (Å²) >= 11 is 1.96. The lowest BCUT2D eigenvalue weighted by molar-refractivity contribution is -0.276. The first-order valence-electron chi connectivity index (χ1n) is 3.26. The van der Waals surface area contributed by atoms with E-state index in [9.17, 15) is 13.2 Å². The van der Waals surface area contributed by atoms with Gasteiger partial charge in [-0.2, -0.15) is 0 Å². The van der Waals surface area contributed by atoms with Crippen molar-refractivity contribution in [3.05, 3.63) is 21.4 Å². The second kappa shape index (κ2) is 3.69. The number of aromatic nitrogens is 1. The zero-order valence-corrected chi connectivity index (χ0v) is 8.68. The van der Waals surface area contributed by atoms with E-state index in [1.807, 2.05) is 22.6 Å². The Hall–Kier alpha value is -0.530. The quantitative estimate of drug-likeness (QED) is 0.744. The lowest BCUT2D eigenvalue weighted by Crippen LogP contribution is -2.18. The summed E-state index contributed by atoms with van der Waals surface area (Å²) in [7, 11) is 0. The molecule has 0 N–H and O–H groups in total. The Kier molecular flexibility index (Phi) is 2.99. The first-order valence-corrected chi connectivity index (χ1v) is 4.34. The first-order chi connectivity index (χ1) is 5.88. The summed E-state index contributed by atoms with van der Waals surface area (Å²) in [5.74, 6) is -0.395. The molecule has 0 spiro atoms. The minimum absolute atomic E-state index is 0.365. The third-order valence-corrected chi connectivity index (χ3v) is 1.80. The van der Waals surface area contributed by atoms with E-state index < -0.39 is 12.2 Å². The van der Waals surface area contributed by atoms with Gasteiger partial charge in [0.2, 0.25) is 5.88 Å². The van der Waals surface area contributed by atoms with Gasteiger partial charge in [-0.05, 0) is 35.6 Å². The van der Waals surface area contributed by atoms with Crippen LogP contribution in [0.2, 0.25) is 0 Å². The minimum atomic E-state index is -4.68. The number of hydrogen-bond donors (Lipinski definition) is 0. The predicted octanol–water partition coefficient (Wildman–Crippen LogP) is 2.89. The predicted molar refractivity (Wildman–Crippen MR) is 48.4 cm³/mol. The largest absolute Gasteiger partial charge is 0.574 e. The molecule has 1 aromatic heterocycles. The van der Waals surface area contributed by atoms with Gasteiger partial charge in [-0.15, -0.1) is 13.2 Å². The van der Waals surface area contributed by atoms with Gasteiger partial charge < -0.3 is 4.74 Å². The zero-order valence-electron chi connectivity index (χ0n) is 6.52. The molecule has 0 aliphatic carbocycles. The molecular formula is C7H5F3INO. The second-order valence-electron chi connectivity index (χ2n) is 2.32. The highest BCUT2D eigenvalue weighted by Gasteiger charge is 2.32. The first kappa shape index (κ1) is 10.6. The van der Waals surface area contributed by atoms with Crippen molar-refractivity contribution in [2.24, 2.45) is 0 Å². The summed E-state index contributed by atoms with van der Waals surface area (Å²) < 4.78 is 39.7. The van der Waals surface area contributed by atoms with E-state index in [0.717, 1.165) is 3.57 Å². The van der Waals surface area contributed by atoms with Crippen LogP contribution in [0.3, 0.4) is 0 Å². The maximum atomic E-state index is 11.8. The molecule has 1 heterocycles. The molecule has 0 saturated carbocycles. The smallest absolute Gasteiger partial charge is 0.388 e. The Balaban J connectivity index is 2.90. The molecule has 0 aliphatic heterocycles. The van der Waals surface area contributed by atoms with Crippen LogP contribution in [-0.2, 0) is 0 Å². The van der Waals surface area contributed by atoms with Crippen LogP contribution >= 0.6 is 22.6 Å². The monoisotopic (exact) mass is 303 g/mol. The molecular weight excluding hydrogens is 298 g/mol. The van der Waals surface area contributed by atoms with E-state index in [-0.39, 0.29) is 0 Å². The van der Waals surface area contributed by atoms with E-state index in [2.05, 4.69) is 9.72 Å². The van der Waals surface area contributed by atoms with Gasteiger partial charge in [-0.1, -0.05) is 0 Å². The third kappa shape index (κ3) is 3.37. The summed E-state index contributed by atoms with van der Waals surface area (Å²) in [6.45, 7) is 1.51. The fourth-order valence-corrected chi connectivity index (χ4v) is 1.35. The maximum absolute atomic E-state index is 11.8. The van der Waals surface area contributed by atoms with Gasteiger partial charge in [-0.25, -0.2) is 4.98 Å². The fraction of sp³-hybridized carbons (Fsp3) is 0.286. The Bertz CT molecular complexity index is 313. The van der Waals surface area contributed by atoms with E-state index in [4.69, 9.17) is 0 Å². The van der Waals surface area contributed by atoms with Gasteiger partial charge in [0.05, 0.1) is 0 Å². The Morgan fingerprint density at radius 1 is 1.46 bits per heavy atom. The molecule has 0 fully saturated rings. The molecule has 6 heteroatoms. The number of alkyl halides is 3. The topological polar surface area (TPSA) is 22.1 Å². The van der Waals surface area contributed by atoms with Crippen molar-refractivity contribution in [2.75, 3.05) is 0 Å². The highest BCUT2D eigenvalue weighted by Crippen LogP contribution is 2.24. The van der Waals surface area contributed by atoms with E-state index in [0.29, 0.717) is 5.56 Å². The third-order valence-electron chi connectivity index (χ3n) is 1.21. The molecule has 0 unspecified atom stereocenters. The fourth-order valence-electron chi connectivity index (χ4n) is 0.744. The summed E-state index contributed by atoms with van der Waals surface area (Å²) in [4.78, 5) is 3.51. The van der Waals surface area contributed by atoms with Crippen LogP contribution in [0.4, 0.5) is 13.2 Å². The molecule has 0 atom stereocenters. The molecule has 0 radical (unpaired) electrons. The molecule has 13 heavy (non-hydrogen) atoms. The second-order valence-corrected chi connectivity index (χ2v) is 3.57. The Labute approximate surface area is 86.3 Å².